The van der Waals surface area contributed by atoms with Crippen LogP contribution in [0.5, 0.6) is 11.5 Å². The Morgan fingerprint density at radius 2 is 1.63 bits per heavy atom. The number of rotatable bonds is 4. The molecule has 19 heavy (non-hydrogen) atoms. The van der Waals surface area contributed by atoms with E-state index in [9.17, 15) is 13.2 Å². The third kappa shape index (κ3) is 3.48. The van der Waals surface area contributed by atoms with Gasteiger partial charge in [0.1, 0.15) is 29.0 Å². The fourth-order valence-electron chi connectivity index (χ4n) is 1.69. The number of ether oxygens (including phenoxy) is 1. The Balaban J connectivity index is 2.31. The number of hydrogen-bond donors (Lipinski definition) is 1. The Morgan fingerprint density at radius 3 is 2.26 bits per heavy atom. The minimum absolute atomic E-state index is 0.0291. The Labute approximate surface area is 108 Å². The summed E-state index contributed by atoms with van der Waals surface area (Å²) in [5, 5.41) is 2.87. The minimum atomic E-state index is -0.729. The number of hydrogen-bond acceptors (Lipinski definition) is 2. The van der Waals surface area contributed by atoms with E-state index in [4.69, 9.17) is 4.74 Å². The van der Waals surface area contributed by atoms with E-state index in [2.05, 4.69) is 5.32 Å². The molecule has 100 valence electrons. The first-order valence-electron chi connectivity index (χ1n) is 5.65. The smallest absolute Gasteiger partial charge is 0.133 e. The predicted molar refractivity (Wildman–Crippen MR) is 65.6 cm³/mol. The molecule has 0 fully saturated rings. The van der Waals surface area contributed by atoms with Gasteiger partial charge in [-0.25, -0.2) is 13.2 Å². The summed E-state index contributed by atoms with van der Waals surface area (Å²) >= 11 is 0. The highest BCUT2D eigenvalue weighted by molar-refractivity contribution is 5.38. The Morgan fingerprint density at radius 1 is 0.947 bits per heavy atom. The third-order valence-corrected chi connectivity index (χ3v) is 2.45. The molecule has 0 spiro atoms. The number of nitrogens with one attached hydrogen (secondary N) is 1. The summed E-state index contributed by atoms with van der Waals surface area (Å²) in [6.07, 6.45) is 0. The van der Waals surface area contributed by atoms with Crippen LogP contribution < -0.4 is 10.1 Å². The van der Waals surface area contributed by atoms with E-state index in [0.29, 0.717) is 17.9 Å². The lowest BCUT2D eigenvalue weighted by atomic mass is 10.2. The van der Waals surface area contributed by atoms with E-state index >= 15 is 0 Å². The van der Waals surface area contributed by atoms with E-state index in [1.807, 2.05) is 0 Å². The summed E-state index contributed by atoms with van der Waals surface area (Å²) in [5.74, 6) is -1.48. The Kier molecular flexibility index (Phi) is 4.06. The Hall–Kier alpha value is -2.01. The average molecular weight is 267 g/mol. The summed E-state index contributed by atoms with van der Waals surface area (Å²) in [6, 6.07) is 6.84. The SMILES string of the molecule is CNCc1cc(F)ccc1Oc1cc(F)cc(F)c1. The molecule has 0 heterocycles. The number of benzene rings is 2. The first-order chi connectivity index (χ1) is 9.08. The second kappa shape index (κ2) is 5.75. The van der Waals surface area contributed by atoms with Crippen LogP contribution in [0.1, 0.15) is 5.56 Å². The van der Waals surface area contributed by atoms with Crippen molar-refractivity contribution in [3.05, 3.63) is 59.4 Å². The van der Waals surface area contributed by atoms with Gasteiger partial charge in [0.15, 0.2) is 0 Å². The minimum Gasteiger partial charge on any atom is -0.457 e. The van der Waals surface area contributed by atoms with Crippen molar-refractivity contribution in [2.75, 3.05) is 7.05 Å². The lowest BCUT2D eigenvalue weighted by molar-refractivity contribution is 0.459. The van der Waals surface area contributed by atoms with Gasteiger partial charge in [-0.1, -0.05) is 0 Å². The average Bonchev–Trinajstić information content (AvgIpc) is 2.32. The second-order valence-electron chi connectivity index (χ2n) is 3.99. The first kappa shape index (κ1) is 13.4. The molecule has 2 aromatic carbocycles. The number of halogens is 3. The van der Waals surface area contributed by atoms with Gasteiger partial charge in [-0.2, -0.15) is 0 Å². The van der Waals surface area contributed by atoms with Crippen molar-refractivity contribution in [1.29, 1.82) is 0 Å². The van der Waals surface area contributed by atoms with E-state index in [1.54, 1.807) is 7.05 Å². The van der Waals surface area contributed by atoms with E-state index in [0.717, 1.165) is 18.2 Å². The first-order valence-corrected chi connectivity index (χ1v) is 5.65. The largest absolute Gasteiger partial charge is 0.457 e. The third-order valence-electron chi connectivity index (χ3n) is 2.45. The van der Waals surface area contributed by atoms with Crippen LogP contribution in [-0.2, 0) is 6.54 Å². The molecule has 0 atom stereocenters. The van der Waals surface area contributed by atoms with E-state index < -0.39 is 17.5 Å². The zero-order valence-corrected chi connectivity index (χ0v) is 10.2. The quantitative estimate of drug-likeness (QED) is 0.913. The summed E-state index contributed by atoms with van der Waals surface area (Å²) in [7, 11) is 1.70. The van der Waals surface area contributed by atoms with Crippen molar-refractivity contribution in [2.24, 2.45) is 0 Å². The maximum Gasteiger partial charge on any atom is 0.133 e. The van der Waals surface area contributed by atoms with Crippen LogP contribution in [0.3, 0.4) is 0 Å². The van der Waals surface area contributed by atoms with Gasteiger partial charge in [0.2, 0.25) is 0 Å². The molecule has 5 heteroatoms. The van der Waals surface area contributed by atoms with Crippen molar-refractivity contribution in [2.45, 2.75) is 6.54 Å². The highest BCUT2D eigenvalue weighted by atomic mass is 19.1. The van der Waals surface area contributed by atoms with Crippen molar-refractivity contribution in [1.82, 2.24) is 5.32 Å². The summed E-state index contributed by atoms with van der Waals surface area (Å²) in [4.78, 5) is 0. The van der Waals surface area contributed by atoms with Crippen LogP contribution in [-0.4, -0.2) is 7.05 Å². The summed E-state index contributed by atoms with van der Waals surface area (Å²) < 4.78 is 44.6. The maximum absolute atomic E-state index is 13.1. The molecular formula is C14H12F3NO. The van der Waals surface area contributed by atoms with Crippen LogP contribution in [0.25, 0.3) is 0 Å². The highest BCUT2D eigenvalue weighted by Gasteiger charge is 2.08. The molecule has 0 saturated carbocycles. The molecule has 0 aromatic heterocycles. The van der Waals surface area contributed by atoms with Crippen molar-refractivity contribution < 1.29 is 17.9 Å². The van der Waals surface area contributed by atoms with Crippen LogP contribution in [0.15, 0.2) is 36.4 Å². The van der Waals surface area contributed by atoms with Gasteiger partial charge in [-0.15, -0.1) is 0 Å². The molecule has 2 aromatic rings. The van der Waals surface area contributed by atoms with Crippen LogP contribution in [0, 0.1) is 17.5 Å². The zero-order chi connectivity index (χ0) is 13.8. The highest BCUT2D eigenvalue weighted by Crippen LogP contribution is 2.27. The van der Waals surface area contributed by atoms with Gasteiger partial charge in [0.05, 0.1) is 0 Å². The molecular weight excluding hydrogens is 255 g/mol. The van der Waals surface area contributed by atoms with Crippen LogP contribution >= 0.6 is 0 Å². The van der Waals surface area contributed by atoms with Gasteiger partial charge in [0, 0.05) is 30.3 Å². The fraction of sp³-hybridized carbons (Fsp3) is 0.143. The van der Waals surface area contributed by atoms with Crippen molar-refractivity contribution in [3.8, 4) is 11.5 Å². The monoisotopic (exact) mass is 267 g/mol. The van der Waals surface area contributed by atoms with Crippen molar-refractivity contribution in [3.63, 3.8) is 0 Å². The maximum atomic E-state index is 13.1. The standard InChI is InChI=1S/C14H12F3NO/c1-18-8-9-4-10(15)2-3-14(9)19-13-6-11(16)5-12(17)7-13/h2-7,18H,8H2,1H3. The summed E-state index contributed by atoms with van der Waals surface area (Å²) in [5.41, 5.74) is 0.562. The molecule has 2 nitrogen and oxygen atoms in total. The normalized spacial score (nSPS) is 10.5. The molecule has 0 aliphatic heterocycles. The lowest BCUT2D eigenvalue weighted by Gasteiger charge is -2.11. The molecule has 0 radical (unpaired) electrons. The molecule has 1 N–H and O–H groups in total. The van der Waals surface area contributed by atoms with Gasteiger partial charge in [-0.05, 0) is 25.2 Å². The van der Waals surface area contributed by atoms with Gasteiger partial charge in [-0.3, -0.25) is 0 Å². The van der Waals surface area contributed by atoms with Crippen LogP contribution in [0.2, 0.25) is 0 Å². The van der Waals surface area contributed by atoms with E-state index in [-0.39, 0.29) is 5.75 Å². The lowest BCUT2D eigenvalue weighted by Crippen LogP contribution is -2.06. The molecule has 0 saturated heterocycles. The van der Waals surface area contributed by atoms with Crippen molar-refractivity contribution >= 4 is 0 Å². The molecule has 0 unspecified atom stereocenters. The second-order valence-corrected chi connectivity index (χ2v) is 3.99. The Bertz CT molecular complexity index is 567. The predicted octanol–water partition coefficient (Wildman–Crippen LogP) is 3.62. The summed E-state index contributed by atoms with van der Waals surface area (Å²) in [6.45, 7) is 0.380. The van der Waals surface area contributed by atoms with E-state index in [1.165, 1.54) is 18.2 Å². The zero-order valence-electron chi connectivity index (χ0n) is 10.2. The van der Waals surface area contributed by atoms with Gasteiger partial charge < -0.3 is 10.1 Å². The van der Waals surface area contributed by atoms with Gasteiger partial charge in [0.25, 0.3) is 0 Å². The van der Waals surface area contributed by atoms with Gasteiger partial charge >= 0.3 is 0 Å². The fourth-order valence-corrected chi connectivity index (χ4v) is 1.69. The molecule has 0 amide bonds. The molecule has 0 aliphatic carbocycles. The van der Waals surface area contributed by atoms with Crippen LogP contribution in [0.4, 0.5) is 13.2 Å². The molecule has 0 aliphatic rings. The topological polar surface area (TPSA) is 21.3 Å². The molecule has 0 bridgehead atoms. The molecule has 2 rings (SSSR count).